The van der Waals surface area contributed by atoms with Crippen LogP contribution in [0.2, 0.25) is 0 Å². The smallest absolute Gasteiger partial charge is 0.337 e. The number of amides is 1. The highest BCUT2D eigenvalue weighted by molar-refractivity contribution is 5.94. The van der Waals surface area contributed by atoms with Gasteiger partial charge in [0.2, 0.25) is 0 Å². The zero-order chi connectivity index (χ0) is 13.0. The molecule has 0 aromatic carbocycles. The minimum Gasteiger partial charge on any atom is -0.478 e. The van der Waals surface area contributed by atoms with Crippen molar-refractivity contribution in [3.63, 3.8) is 0 Å². The van der Waals surface area contributed by atoms with Gasteiger partial charge in [0.1, 0.15) is 5.69 Å². The van der Waals surface area contributed by atoms with Crippen molar-refractivity contribution in [1.82, 2.24) is 9.88 Å². The van der Waals surface area contributed by atoms with Crippen molar-refractivity contribution in [3.8, 4) is 0 Å². The number of aromatic nitrogens is 1. The van der Waals surface area contributed by atoms with Crippen molar-refractivity contribution in [2.24, 2.45) is 0 Å². The Morgan fingerprint density at radius 1 is 1.29 bits per heavy atom. The molecule has 0 spiro atoms. The summed E-state index contributed by atoms with van der Waals surface area (Å²) in [6.07, 6.45) is 0. The van der Waals surface area contributed by atoms with Gasteiger partial charge in [-0.15, -0.1) is 0 Å². The van der Waals surface area contributed by atoms with Crippen LogP contribution in [-0.2, 0) is 0 Å². The monoisotopic (exact) mass is 236 g/mol. The fourth-order valence-electron chi connectivity index (χ4n) is 1.58. The van der Waals surface area contributed by atoms with Crippen LogP contribution in [-0.4, -0.2) is 40.0 Å². The van der Waals surface area contributed by atoms with E-state index < -0.39 is 5.97 Å². The number of aryl methyl sites for hydroxylation is 1. The Morgan fingerprint density at radius 2 is 1.88 bits per heavy atom. The number of pyridine rings is 1. The lowest BCUT2D eigenvalue weighted by molar-refractivity contribution is 0.0692. The first kappa shape index (κ1) is 13.2. The molecule has 5 heteroatoms. The molecule has 0 fully saturated rings. The predicted octanol–water partition coefficient (Wildman–Crippen LogP) is 1.57. The van der Waals surface area contributed by atoms with Crippen molar-refractivity contribution in [3.05, 3.63) is 29.1 Å². The highest BCUT2D eigenvalue weighted by Crippen LogP contribution is 2.09. The molecule has 0 unspecified atom stereocenters. The average Bonchev–Trinajstić information content (AvgIpc) is 2.29. The van der Waals surface area contributed by atoms with Gasteiger partial charge in [-0.3, -0.25) is 4.79 Å². The molecule has 1 aromatic heterocycles. The SMILES string of the molecule is CCN(CC)C(=O)c1ccc(C(=O)O)c(C)n1. The molecule has 1 rings (SSSR count). The van der Waals surface area contributed by atoms with Crippen molar-refractivity contribution in [2.45, 2.75) is 20.8 Å². The third-order valence-corrected chi connectivity index (χ3v) is 2.59. The summed E-state index contributed by atoms with van der Waals surface area (Å²) in [6, 6.07) is 2.87. The van der Waals surface area contributed by atoms with Gasteiger partial charge in [0.15, 0.2) is 0 Å². The van der Waals surface area contributed by atoms with Crippen LogP contribution in [0.5, 0.6) is 0 Å². The Hall–Kier alpha value is -1.91. The van der Waals surface area contributed by atoms with Crippen LogP contribution in [0.25, 0.3) is 0 Å². The number of aromatic carboxylic acids is 1. The topological polar surface area (TPSA) is 70.5 Å². The Bertz CT molecular complexity index is 439. The number of carbonyl (C=O) groups excluding carboxylic acids is 1. The van der Waals surface area contributed by atoms with E-state index in [1.165, 1.54) is 12.1 Å². The number of nitrogens with zero attached hydrogens (tertiary/aromatic N) is 2. The lowest BCUT2D eigenvalue weighted by Gasteiger charge is -2.18. The third-order valence-electron chi connectivity index (χ3n) is 2.59. The van der Waals surface area contributed by atoms with Crippen molar-refractivity contribution < 1.29 is 14.7 Å². The zero-order valence-corrected chi connectivity index (χ0v) is 10.2. The third kappa shape index (κ3) is 2.81. The van der Waals surface area contributed by atoms with Crippen LogP contribution in [0, 0.1) is 6.92 Å². The number of carboxylic acids is 1. The standard InChI is InChI=1S/C12H16N2O3/c1-4-14(5-2)11(15)10-7-6-9(12(16)17)8(3)13-10/h6-7H,4-5H2,1-3H3,(H,16,17). The minimum absolute atomic E-state index is 0.126. The Morgan fingerprint density at radius 3 is 2.29 bits per heavy atom. The quantitative estimate of drug-likeness (QED) is 0.861. The van der Waals surface area contributed by atoms with E-state index in [2.05, 4.69) is 4.98 Å². The number of rotatable bonds is 4. The summed E-state index contributed by atoms with van der Waals surface area (Å²) < 4.78 is 0. The van der Waals surface area contributed by atoms with Crippen LogP contribution in [0.15, 0.2) is 12.1 Å². The molecule has 0 saturated heterocycles. The summed E-state index contributed by atoms with van der Waals surface area (Å²) in [5.74, 6) is -1.20. The highest BCUT2D eigenvalue weighted by Gasteiger charge is 2.16. The van der Waals surface area contributed by atoms with E-state index in [0.717, 1.165) is 0 Å². The maximum atomic E-state index is 12.0. The maximum Gasteiger partial charge on any atom is 0.337 e. The van der Waals surface area contributed by atoms with Gasteiger partial charge in [0.05, 0.1) is 11.3 Å². The van der Waals surface area contributed by atoms with E-state index in [-0.39, 0.29) is 17.2 Å². The molecule has 1 amide bonds. The fourth-order valence-corrected chi connectivity index (χ4v) is 1.58. The van der Waals surface area contributed by atoms with Gasteiger partial charge >= 0.3 is 5.97 Å². The Kier molecular flexibility index (Phi) is 4.20. The van der Waals surface area contributed by atoms with Gasteiger partial charge in [-0.2, -0.15) is 0 Å². The molecule has 0 aliphatic heterocycles. The summed E-state index contributed by atoms with van der Waals surface area (Å²) in [6.45, 7) is 6.58. The first-order valence-corrected chi connectivity index (χ1v) is 5.51. The molecule has 0 aliphatic rings. The summed E-state index contributed by atoms with van der Waals surface area (Å²) in [5, 5.41) is 8.86. The molecule has 5 nitrogen and oxygen atoms in total. The number of carbonyl (C=O) groups is 2. The van der Waals surface area contributed by atoms with Crippen LogP contribution in [0.1, 0.15) is 40.4 Å². The minimum atomic E-state index is -1.03. The summed E-state index contributed by atoms with van der Waals surface area (Å²) >= 11 is 0. The van der Waals surface area contributed by atoms with Crippen molar-refractivity contribution in [2.75, 3.05) is 13.1 Å². The normalized spacial score (nSPS) is 10.1. The number of hydrogen-bond donors (Lipinski definition) is 1. The molecule has 0 atom stereocenters. The molecule has 0 saturated carbocycles. The molecule has 17 heavy (non-hydrogen) atoms. The van der Waals surface area contributed by atoms with Crippen molar-refractivity contribution >= 4 is 11.9 Å². The largest absolute Gasteiger partial charge is 0.478 e. The molecule has 1 heterocycles. The van der Waals surface area contributed by atoms with E-state index in [0.29, 0.717) is 18.8 Å². The lowest BCUT2D eigenvalue weighted by atomic mass is 10.2. The van der Waals surface area contributed by atoms with Gasteiger partial charge in [0, 0.05) is 13.1 Å². The molecule has 1 N–H and O–H groups in total. The predicted molar refractivity (Wildman–Crippen MR) is 63.2 cm³/mol. The molecule has 0 radical (unpaired) electrons. The van der Waals surface area contributed by atoms with E-state index in [1.807, 2.05) is 13.8 Å². The first-order chi connectivity index (χ1) is 8.01. The summed E-state index contributed by atoms with van der Waals surface area (Å²) in [7, 11) is 0. The highest BCUT2D eigenvalue weighted by atomic mass is 16.4. The average molecular weight is 236 g/mol. The van der Waals surface area contributed by atoms with Crippen molar-refractivity contribution in [1.29, 1.82) is 0 Å². The molecule has 0 aliphatic carbocycles. The van der Waals surface area contributed by atoms with Crippen LogP contribution >= 0.6 is 0 Å². The van der Waals surface area contributed by atoms with E-state index in [4.69, 9.17) is 5.11 Å². The second-order valence-corrected chi connectivity index (χ2v) is 3.61. The second kappa shape index (κ2) is 5.43. The first-order valence-electron chi connectivity index (χ1n) is 5.51. The number of hydrogen-bond acceptors (Lipinski definition) is 3. The lowest BCUT2D eigenvalue weighted by Crippen LogP contribution is -2.31. The molecular weight excluding hydrogens is 220 g/mol. The van der Waals surface area contributed by atoms with Crippen LogP contribution in [0.3, 0.4) is 0 Å². The summed E-state index contributed by atoms with van der Waals surface area (Å²) in [4.78, 5) is 28.5. The van der Waals surface area contributed by atoms with E-state index in [1.54, 1.807) is 11.8 Å². The van der Waals surface area contributed by atoms with Crippen LogP contribution < -0.4 is 0 Å². The van der Waals surface area contributed by atoms with E-state index in [9.17, 15) is 9.59 Å². The van der Waals surface area contributed by atoms with E-state index >= 15 is 0 Å². The molecule has 1 aromatic rings. The zero-order valence-electron chi connectivity index (χ0n) is 10.2. The van der Waals surface area contributed by atoms with Crippen LogP contribution in [0.4, 0.5) is 0 Å². The van der Waals surface area contributed by atoms with Gasteiger partial charge in [0.25, 0.3) is 5.91 Å². The molecule has 92 valence electrons. The second-order valence-electron chi connectivity index (χ2n) is 3.61. The maximum absolute atomic E-state index is 12.0. The fraction of sp³-hybridized carbons (Fsp3) is 0.417. The molecular formula is C12H16N2O3. The molecule has 0 bridgehead atoms. The Balaban J connectivity index is 3.05. The Labute approximate surface area is 100 Å². The van der Waals surface area contributed by atoms with Gasteiger partial charge in [-0.05, 0) is 32.9 Å². The van der Waals surface area contributed by atoms with Gasteiger partial charge in [-0.1, -0.05) is 0 Å². The van der Waals surface area contributed by atoms with Gasteiger partial charge in [-0.25, -0.2) is 9.78 Å². The summed E-state index contributed by atoms with van der Waals surface area (Å²) in [5.41, 5.74) is 0.771. The number of carboxylic acid groups (broad SMARTS) is 1. The van der Waals surface area contributed by atoms with Gasteiger partial charge < -0.3 is 10.0 Å².